The quantitative estimate of drug-likeness (QED) is 0.766. The third kappa shape index (κ3) is 5.05. The Hall–Kier alpha value is -1.32. The zero-order valence-electron chi connectivity index (χ0n) is 11.4. The average Bonchev–Trinajstić information content (AvgIpc) is 2.47. The van der Waals surface area contributed by atoms with Gasteiger partial charge in [0.1, 0.15) is 12.4 Å². The van der Waals surface area contributed by atoms with Gasteiger partial charge in [0.15, 0.2) is 0 Å². The molecule has 1 heterocycles. The van der Waals surface area contributed by atoms with Gasteiger partial charge in [-0.15, -0.1) is 0 Å². The lowest BCUT2D eigenvalue weighted by molar-refractivity contribution is 0.0547. The number of hydrogen-bond acceptors (Lipinski definition) is 3. The Morgan fingerprint density at radius 2 is 2.21 bits per heavy atom. The van der Waals surface area contributed by atoms with E-state index in [0.717, 1.165) is 32.1 Å². The standard InChI is InChI=1S/C16H23NO2/c1-2-9-19-16-7-5-14(6-8-16)11-17-12-15-4-3-10-18-13-15/h2,5-8,15,17H,1,3-4,9-13H2/t15-/m0/s1. The van der Waals surface area contributed by atoms with Crippen molar-refractivity contribution < 1.29 is 9.47 Å². The summed E-state index contributed by atoms with van der Waals surface area (Å²) in [7, 11) is 0. The highest BCUT2D eigenvalue weighted by Crippen LogP contribution is 2.14. The first-order valence-electron chi connectivity index (χ1n) is 6.99. The van der Waals surface area contributed by atoms with Gasteiger partial charge in [-0.05, 0) is 36.5 Å². The SMILES string of the molecule is C=CCOc1ccc(CNC[C@@H]2CCCOC2)cc1. The molecule has 0 bridgehead atoms. The van der Waals surface area contributed by atoms with E-state index in [4.69, 9.17) is 9.47 Å². The van der Waals surface area contributed by atoms with Gasteiger partial charge in [-0.1, -0.05) is 24.8 Å². The van der Waals surface area contributed by atoms with Crippen molar-refractivity contribution in [3.05, 3.63) is 42.5 Å². The molecule has 1 aromatic carbocycles. The molecule has 3 nitrogen and oxygen atoms in total. The van der Waals surface area contributed by atoms with Crippen molar-refractivity contribution >= 4 is 0 Å². The maximum absolute atomic E-state index is 5.47. The van der Waals surface area contributed by atoms with Gasteiger partial charge in [0.2, 0.25) is 0 Å². The molecule has 0 aromatic heterocycles. The third-order valence-corrected chi connectivity index (χ3v) is 3.31. The van der Waals surface area contributed by atoms with Gasteiger partial charge in [0, 0.05) is 19.7 Å². The first-order valence-corrected chi connectivity index (χ1v) is 6.99. The molecule has 0 aliphatic carbocycles. The van der Waals surface area contributed by atoms with Crippen LogP contribution in [0.15, 0.2) is 36.9 Å². The number of benzene rings is 1. The van der Waals surface area contributed by atoms with E-state index in [1.54, 1.807) is 6.08 Å². The van der Waals surface area contributed by atoms with Crippen LogP contribution < -0.4 is 10.1 Å². The molecule has 0 saturated carbocycles. The minimum Gasteiger partial charge on any atom is -0.490 e. The van der Waals surface area contributed by atoms with E-state index in [1.807, 2.05) is 12.1 Å². The van der Waals surface area contributed by atoms with Gasteiger partial charge in [0.05, 0.1) is 6.61 Å². The van der Waals surface area contributed by atoms with Crippen LogP contribution in [0.3, 0.4) is 0 Å². The maximum atomic E-state index is 5.47. The summed E-state index contributed by atoms with van der Waals surface area (Å²) in [5.74, 6) is 1.56. The monoisotopic (exact) mass is 261 g/mol. The molecule has 1 aromatic rings. The Balaban J connectivity index is 1.68. The molecule has 0 spiro atoms. The van der Waals surface area contributed by atoms with E-state index in [1.165, 1.54) is 18.4 Å². The normalized spacial score (nSPS) is 19.1. The summed E-state index contributed by atoms with van der Waals surface area (Å²) in [4.78, 5) is 0. The molecule has 104 valence electrons. The molecule has 1 N–H and O–H groups in total. The van der Waals surface area contributed by atoms with Gasteiger partial charge in [-0.25, -0.2) is 0 Å². The van der Waals surface area contributed by atoms with Crippen molar-refractivity contribution in [2.75, 3.05) is 26.4 Å². The predicted molar refractivity (Wildman–Crippen MR) is 77.4 cm³/mol. The van der Waals surface area contributed by atoms with Crippen LogP contribution in [0.1, 0.15) is 18.4 Å². The molecular weight excluding hydrogens is 238 g/mol. The molecule has 1 aliphatic rings. The zero-order chi connectivity index (χ0) is 13.3. The molecular formula is C16H23NO2. The molecule has 0 amide bonds. The summed E-state index contributed by atoms with van der Waals surface area (Å²) < 4.78 is 10.9. The first-order chi connectivity index (χ1) is 9.38. The van der Waals surface area contributed by atoms with E-state index in [2.05, 4.69) is 24.0 Å². The minimum atomic E-state index is 0.555. The molecule has 1 fully saturated rings. The molecule has 0 radical (unpaired) electrons. The lowest BCUT2D eigenvalue weighted by Crippen LogP contribution is -2.28. The highest BCUT2D eigenvalue weighted by atomic mass is 16.5. The summed E-state index contributed by atoms with van der Waals surface area (Å²) in [6.07, 6.45) is 4.23. The van der Waals surface area contributed by atoms with Crippen molar-refractivity contribution in [2.45, 2.75) is 19.4 Å². The smallest absolute Gasteiger partial charge is 0.119 e. The maximum Gasteiger partial charge on any atom is 0.119 e. The second-order valence-corrected chi connectivity index (χ2v) is 4.96. The van der Waals surface area contributed by atoms with Crippen LogP contribution in [-0.2, 0) is 11.3 Å². The Kier molecular flexibility index (Phi) is 5.92. The van der Waals surface area contributed by atoms with E-state index >= 15 is 0 Å². The molecule has 0 unspecified atom stereocenters. The van der Waals surface area contributed by atoms with Crippen molar-refractivity contribution in [1.29, 1.82) is 0 Å². The average molecular weight is 261 g/mol. The molecule has 19 heavy (non-hydrogen) atoms. The molecule has 1 aliphatic heterocycles. The van der Waals surface area contributed by atoms with E-state index in [0.29, 0.717) is 12.5 Å². The largest absolute Gasteiger partial charge is 0.490 e. The molecule has 3 heteroatoms. The summed E-state index contributed by atoms with van der Waals surface area (Å²) in [6, 6.07) is 8.21. The van der Waals surface area contributed by atoms with Gasteiger partial charge in [-0.2, -0.15) is 0 Å². The number of rotatable bonds is 7. The first kappa shape index (κ1) is 14.1. The van der Waals surface area contributed by atoms with Gasteiger partial charge in [-0.3, -0.25) is 0 Å². The highest BCUT2D eigenvalue weighted by Gasteiger charge is 2.12. The number of ether oxygens (including phenoxy) is 2. The second-order valence-electron chi connectivity index (χ2n) is 4.96. The fraction of sp³-hybridized carbons (Fsp3) is 0.500. The van der Waals surface area contributed by atoms with Gasteiger partial charge < -0.3 is 14.8 Å². The number of hydrogen-bond donors (Lipinski definition) is 1. The van der Waals surface area contributed by atoms with Crippen LogP contribution >= 0.6 is 0 Å². The van der Waals surface area contributed by atoms with Crippen molar-refractivity contribution in [3.63, 3.8) is 0 Å². The minimum absolute atomic E-state index is 0.555. The van der Waals surface area contributed by atoms with Gasteiger partial charge >= 0.3 is 0 Å². The fourth-order valence-corrected chi connectivity index (χ4v) is 2.25. The lowest BCUT2D eigenvalue weighted by Gasteiger charge is -2.22. The Bertz CT molecular complexity index is 369. The third-order valence-electron chi connectivity index (χ3n) is 3.31. The second kappa shape index (κ2) is 7.97. The zero-order valence-corrected chi connectivity index (χ0v) is 11.4. The van der Waals surface area contributed by atoms with Crippen LogP contribution in [-0.4, -0.2) is 26.4 Å². The van der Waals surface area contributed by atoms with Crippen LogP contribution in [0.4, 0.5) is 0 Å². The summed E-state index contributed by atoms with van der Waals surface area (Å²) >= 11 is 0. The van der Waals surface area contributed by atoms with E-state index in [9.17, 15) is 0 Å². The predicted octanol–water partition coefficient (Wildman–Crippen LogP) is 2.77. The molecule has 1 saturated heterocycles. The molecule has 2 rings (SSSR count). The Morgan fingerprint density at radius 1 is 1.37 bits per heavy atom. The van der Waals surface area contributed by atoms with Crippen molar-refractivity contribution in [1.82, 2.24) is 5.32 Å². The van der Waals surface area contributed by atoms with Crippen LogP contribution in [0, 0.1) is 5.92 Å². The van der Waals surface area contributed by atoms with Crippen molar-refractivity contribution in [2.24, 2.45) is 5.92 Å². The molecule has 1 atom stereocenters. The topological polar surface area (TPSA) is 30.5 Å². The van der Waals surface area contributed by atoms with Crippen LogP contribution in [0.2, 0.25) is 0 Å². The Morgan fingerprint density at radius 3 is 2.89 bits per heavy atom. The lowest BCUT2D eigenvalue weighted by atomic mass is 10.0. The van der Waals surface area contributed by atoms with Crippen molar-refractivity contribution in [3.8, 4) is 5.75 Å². The highest BCUT2D eigenvalue weighted by molar-refractivity contribution is 5.27. The van der Waals surface area contributed by atoms with Crippen LogP contribution in [0.5, 0.6) is 5.75 Å². The summed E-state index contributed by atoms with van der Waals surface area (Å²) in [6.45, 7) is 7.96. The van der Waals surface area contributed by atoms with Crippen LogP contribution in [0.25, 0.3) is 0 Å². The van der Waals surface area contributed by atoms with E-state index in [-0.39, 0.29) is 0 Å². The fourth-order valence-electron chi connectivity index (χ4n) is 2.25. The summed E-state index contributed by atoms with van der Waals surface area (Å²) in [5.41, 5.74) is 1.28. The summed E-state index contributed by atoms with van der Waals surface area (Å²) in [5, 5.41) is 3.50. The Labute approximate surface area is 115 Å². The van der Waals surface area contributed by atoms with Gasteiger partial charge in [0.25, 0.3) is 0 Å². The van der Waals surface area contributed by atoms with E-state index < -0.39 is 0 Å². The number of nitrogens with one attached hydrogen (secondary N) is 1.